The average molecular weight is 316 g/mol. The number of para-hydroxylation sites is 1. The van der Waals surface area contributed by atoms with E-state index < -0.39 is 0 Å². The Morgan fingerprint density at radius 1 is 1.21 bits per heavy atom. The first-order chi connectivity index (χ1) is 9.16. The second-order valence-corrected chi connectivity index (χ2v) is 5.46. The zero-order chi connectivity index (χ0) is 13.4. The van der Waals surface area contributed by atoms with Crippen LogP contribution < -0.4 is 5.73 Å². The zero-order valence-corrected chi connectivity index (χ0v) is 12.1. The van der Waals surface area contributed by atoms with Crippen molar-refractivity contribution < 1.29 is 0 Å². The minimum Gasteiger partial charge on any atom is -0.324 e. The van der Waals surface area contributed by atoms with Crippen LogP contribution in [0.1, 0.15) is 18.5 Å². The number of nitrogens with two attached hydrogens (primary N) is 1. The van der Waals surface area contributed by atoms with Gasteiger partial charge in [0.1, 0.15) is 0 Å². The lowest BCUT2D eigenvalue weighted by atomic mass is 10.1. The van der Waals surface area contributed by atoms with Crippen LogP contribution in [0.3, 0.4) is 0 Å². The Hall–Kier alpha value is -1.65. The first-order valence-electron chi connectivity index (χ1n) is 6.15. The van der Waals surface area contributed by atoms with E-state index in [1.54, 1.807) is 0 Å². The maximum absolute atomic E-state index is 5.92. The lowest BCUT2D eigenvalue weighted by Crippen LogP contribution is -2.06. The number of halogens is 1. The third-order valence-corrected chi connectivity index (χ3v) is 3.88. The number of aromatic nitrogens is 2. The number of fused-ring (bicyclic) bond motifs is 1. The molecule has 0 aliphatic heterocycles. The molecule has 0 aliphatic rings. The van der Waals surface area contributed by atoms with Gasteiger partial charge in [-0.2, -0.15) is 5.10 Å². The lowest BCUT2D eigenvalue weighted by molar-refractivity contribution is 0.810. The highest BCUT2D eigenvalue weighted by molar-refractivity contribution is 9.10. The van der Waals surface area contributed by atoms with Crippen molar-refractivity contribution in [2.45, 2.75) is 13.0 Å². The molecule has 1 atom stereocenters. The van der Waals surface area contributed by atoms with Gasteiger partial charge < -0.3 is 5.73 Å². The van der Waals surface area contributed by atoms with E-state index in [1.165, 1.54) is 0 Å². The van der Waals surface area contributed by atoms with Crippen molar-refractivity contribution in [1.82, 2.24) is 9.78 Å². The van der Waals surface area contributed by atoms with Crippen molar-refractivity contribution in [1.29, 1.82) is 0 Å². The molecule has 19 heavy (non-hydrogen) atoms. The van der Waals surface area contributed by atoms with Crippen LogP contribution in [-0.4, -0.2) is 9.78 Å². The summed E-state index contributed by atoms with van der Waals surface area (Å²) in [5.74, 6) is 0. The molecule has 1 heterocycles. The molecular formula is C15H14BrN3. The summed E-state index contributed by atoms with van der Waals surface area (Å²) in [6, 6.07) is 14.3. The maximum atomic E-state index is 5.92. The Bertz CT molecular complexity index is 731. The Morgan fingerprint density at radius 2 is 2.00 bits per heavy atom. The summed E-state index contributed by atoms with van der Waals surface area (Å²) in [6.45, 7) is 1.98. The van der Waals surface area contributed by atoms with Crippen molar-refractivity contribution in [3.05, 3.63) is 58.7 Å². The van der Waals surface area contributed by atoms with Crippen molar-refractivity contribution in [3.63, 3.8) is 0 Å². The third kappa shape index (κ3) is 2.17. The molecule has 0 fully saturated rings. The third-order valence-electron chi connectivity index (χ3n) is 3.20. The Labute approximate surface area is 120 Å². The molecule has 3 nitrogen and oxygen atoms in total. The molecule has 0 aliphatic carbocycles. The molecule has 0 saturated carbocycles. The molecule has 2 N–H and O–H groups in total. The van der Waals surface area contributed by atoms with Gasteiger partial charge in [0.25, 0.3) is 0 Å². The summed E-state index contributed by atoms with van der Waals surface area (Å²) < 4.78 is 2.95. The van der Waals surface area contributed by atoms with E-state index in [0.29, 0.717) is 0 Å². The van der Waals surface area contributed by atoms with Gasteiger partial charge in [-0.15, -0.1) is 0 Å². The van der Waals surface area contributed by atoms with Crippen molar-refractivity contribution >= 4 is 26.8 Å². The van der Waals surface area contributed by atoms with Crippen LogP contribution in [-0.2, 0) is 0 Å². The highest BCUT2D eigenvalue weighted by Crippen LogP contribution is 2.26. The van der Waals surface area contributed by atoms with Crippen LogP contribution in [0.25, 0.3) is 16.6 Å². The fraction of sp³-hybridized carbons (Fsp3) is 0.133. The Kier molecular flexibility index (Phi) is 3.12. The van der Waals surface area contributed by atoms with E-state index in [4.69, 9.17) is 5.73 Å². The van der Waals surface area contributed by atoms with Crippen LogP contribution in [0, 0.1) is 0 Å². The van der Waals surface area contributed by atoms with Gasteiger partial charge in [-0.3, -0.25) is 0 Å². The highest BCUT2D eigenvalue weighted by atomic mass is 79.9. The normalized spacial score (nSPS) is 12.8. The van der Waals surface area contributed by atoms with Crippen LogP contribution >= 0.6 is 15.9 Å². The second kappa shape index (κ2) is 4.79. The van der Waals surface area contributed by atoms with Gasteiger partial charge in [-0.1, -0.05) is 40.2 Å². The molecule has 0 unspecified atom stereocenters. The summed E-state index contributed by atoms with van der Waals surface area (Å²) in [4.78, 5) is 0. The summed E-state index contributed by atoms with van der Waals surface area (Å²) in [5.41, 5.74) is 9.14. The van der Waals surface area contributed by atoms with E-state index in [-0.39, 0.29) is 6.04 Å². The number of hydrogen-bond donors (Lipinski definition) is 1. The van der Waals surface area contributed by atoms with Gasteiger partial charge in [0.15, 0.2) is 0 Å². The first-order valence-corrected chi connectivity index (χ1v) is 6.94. The highest BCUT2D eigenvalue weighted by Gasteiger charge is 2.09. The molecule has 0 spiro atoms. The minimum atomic E-state index is 0.0118. The minimum absolute atomic E-state index is 0.0118. The van der Waals surface area contributed by atoms with Gasteiger partial charge in [-0.25, -0.2) is 4.68 Å². The van der Waals surface area contributed by atoms with Gasteiger partial charge in [0.2, 0.25) is 0 Å². The molecule has 0 radical (unpaired) electrons. The zero-order valence-electron chi connectivity index (χ0n) is 10.5. The van der Waals surface area contributed by atoms with Crippen molar-refractivity contribution in [2.24, 2.45) is 5.73 Å². The summed E-state index contributed by atoms with van der Waals surface area (Å²) in [7, 11) is 0. The van der Waals surface area contributed by atoms with Gasteiger partial charge >= 0.3 is 0 Å². The molecule has 96 valence electrons. The first kappa shape index (κ1) is 12.4. The Balaban J connectivity index is 2.14. The molecule has 0 bridgehead atoms. The topological polar surface area (TPSA) is 43.8 Å². The van der Waals surface area contributed by atoms with E-state index in [2.05, 4.69) is 39.2 Å². The molecule has 3 aromatic rings. The van der Waals surface area contributed by atoms with Gasteiger partial charge in [-0.05, 0) is 30.7 Å². The van der Waals surface area contributed by atoms with Crippen molar-refractivity contribution in [3.8, 4) is 5.69 Å². The quantitative estimate of drug-likeness (QED) is 0.781. The number of nitrogens with zero attached hydrogens (tertiary/aromatic N) is 2. The van der Waals surface area contributed by atoms with Crippen molar-refractivity contribution in [2.75, 3.05) is 0 Å². The fourth-order valence-corrected chi connectivity index (χ4v) is 2.92. The van der Waals surface area contributed by atoms with E-state index >= 15 is 0 Å². The van der Waals surface area contributed by atoms with Crippen LogP contribution in [0.4, 0.5) is 0 Å². The predicted molar refractivity (Wildman–Crippen MR) is 81.4 cm³/mol. The Morgan fingerprint density at radius 3 is 2.74 bits per heavy atom. The molecule has 0 amide bonds. The molecule has 1 aromatic heterocycles. The molecule has 2 aromatic carbocycles. The average Bonchev–Trinajstić information content (AvgIpc) is 2.82. The largest absolute Gasteiger partial charge is 0.324 e. The summed E-state index contributed by atoms with van der Waals surface area (Å²) in [6.07, 6.45) is 1.88. The van der Waals surface area contributed by atoms with E-state index in [9.17, 15) is 0 Å². The SMILES string of the molecule is C[C@H](N)c1ccc(-n2ncc3ccccc32)cc1Br. The van der Waals surface area contributed by atoms with E-state index in [0.717, 1.165) is 26.6 Å². The maximum Gasteiger partial charge on any atom is 0.0741 e. The summed E-state index contributed by atoms with van der Waals surface area (Å²) in [5, 5.41) is 5.58. The molecule has 0 saturated heterocycles. The monoisotopic (exact) mass is 315 g/mol. The molecular weight excluding hydrogens is 302 g/mol. The molecule has 4 heteroatoms. The standard InChI is InChI=1S/C15H14BrN3/c1-10(17)13-7-6-12(8-14(13)16)19-15-5-3-2-4-11(15)9-18-19/h2-10H,17H2,1H3/t10-/m0/s1. The number of rotatable bonds is 2. The van der Waals surface area contributed by atoms with Gasteiger partial charge in [0.05, 0.1) is 17.4 Å². The van der Waals surface area contributed by atoms with E-state index in [1.807, 2.05) is 42.1 Å². The van der Waals surface area contributed by atoms with Crippen LogP contribution in [0.5, 0.6) is 0 Å². The predicted octanol–water partition coefficient (Wildman–Crippen LogP) is 3.81. The summed E-state index contributed by atoms with van der Waals surface area (Å²) >= 11 is 3.58. The van der Waals surface area contributed by atoms with Crippen LogP contribution in [0.15, 0.2) is 53.1 Å². The molecule has 3 rings (SSSR count). The van der Waals surface area contributed by atoms with Crippen LogP contribution in [0.2, 0.25) is 0 Å². The number of hydrogen-bond acceptors (Lipinski definition) is 2. The lowest BCUT2D eigenvalue weighted by Gasteiger charge is -2.11. The second-order valence-electron chi connectivity index (χ2n) is 4.61. The fourth-order valence-electron chi connectivity index (χ4n) is 2.19. The number of benzene rings is 2. The van der Waals surface area contributed by atoms with Gasteiger partial charge in [0, 0.05) is 15.9 Å². The smallest absolute Gasteiger partial charge is 0.0741 e.